The molecular weight excluding hydrogens is 1220 g/mol. The highest BCUT2D eigenvalue weighted by atomic mass is 35.5. The third-order valence-corrected chi connectivity index (χ3v) is 20.3. The van der Waals surface area contributed by atoms with Crippen LogP contribution in [0.4, 0.5) is 13.2 Å². The minimum absolute atomic E-state index is 0.0452. The van der Waals surface area contributed by atoms with E-state index in [4.69, 9.17) is 11.6 Å². The van der Waals surface area contributed by atoms with Crippen LogP contribution < -0.4 is 21.3 Å². The van der Waals surface area contributed by atoms with Crippen LogP contribution in [0.1, 0.15) is 148 Å². The lowest BCUT2D eigenvalue weighted by atomic mass is 9.90. The van der Waals surface area contributed by atoms with Crippen LogP contribution in [0.2, 0.25) is 5.02 Å². The van der Waals surface area contributed by atoms with Gasteiger partial charge in [-0.15, -0.1) is 0 Å². The van der Waals surface area contributed by atoms with E-state index in [1.807, 2.05) is 6.92 Å². The molecule has 7 rings (SSSR count). The van der Waals surface area contributed by atoms with E-state index in [0.29, 0.717) is 49.7 Å². The van der Waals surface area contributed by atoms with Crippen LogP contribution in [0.15, 0.2) is 42.7 Å². The Bertz CT molecular complexity index is 3080. The molecule has 3 saturated heterocycles. The van der Waals surface area contributed by atoms with Gasteiger partial charge in [-0.25, -0.2) is 0 Å². The van der Waals surface area contributed by atoms with E-state index in [2.05, 4.69) is 26.3 Å². The normalized spacial score (nSPS) is 28.6. The van der Waals surface area contributed by atoms with Crippen molar-refractivity contribution in [2.75, 3.05) is 48.3 Å². The highest BCUT2D eigenvalue weighted by Gasteiger charge is 2.51. The zero-order valence-electron chi connectivity index (χ0n) is 54.8. The molecule has 92 heavy (non-hydrogen) atoms. The van der Waals surface area contributed by atoms with E-state index < -0.39 is 154 Å². The highest BCUT2D eigenvalue weighted by Crippen LogP contribution is 2.38. The zero-order chi connectivity index (χ0) is 67.8. The molecule has 2 aliphatic carbocycles. The number of pyridine rings is 1. The molecule has 4 N–H and O–H groups in total. The first-order valence-corrected chi connectivity index (χ1v) is 32.6. The van der Waals surface area contributed by atoms with Crippen LogP contribution in [0.3, 0.4) is 0 Å². The number of aryl methyl sites for hydroxylation is 1. The van der Waals surface area contributed by atoms with Gasteiger partial charge in [0.2, 0.25) is 65.0 Å². The number of nitrogens with zero attached hydrogens (tertiary/aromatic N) is 8. The molecule has 1 aromatic heterocycles. The van der Waals surface area contributed by atoms with Crippen LogP contribution in [-0.4, -0.2) is 219 Å². The van der Waals surface area contributed by atoms with E-state index in [0.717, 1.165) is 29.9 Å². The van der Waals surface area contributed by atoms with Crippen molar-refractivity contribution in [3.8, 4) is 0 Å². The van der Waals surface area contributed by atoms with Crippen molar-refractivity contribution in [1.29, 1.82) is 0 Å². The van der Waals surface area contributed by atoms with Gasteiger partial charge < -0.3 is 55.6 Å². The Morgan fingerprint density at radius 3 is 1.87 bits per heavy atom. The molecule has 23 nitrogen and oxygen atoms in total. The molecule has 1 spiro atoms. The topological polar surface area (TPSA) is 271 Å². The Hall–Kier alpha value is -7.38. The number of benzene rings is 1. The smallest absolute Gasteiger partial charge is 0.351 e. The van der Waals surface area contributed by atoms with E-state index >= 15 is 14.4 Å². The van der Waals surface area contributed by atoms with Gasteiger partial charge in [-0.3, -0.25) is 57.7 Å². The number of likely N-dealkylation sites (N-methyl/N-ethyl adjacent to an activating group) is 5. The maximum Gasteiger partial charge on any atom is 0.417 e. The van der Waals surface area contributed by atoms with Crippen LogP contribution >= 0.6 is 11.6 Å². The summed E-state index contributed by atoms with van der Waals surface area (Å²) >= 11 is 6.14. The molecule has 506 valence electrons. The van der Waals surface area contributed by atoms with Crippen molar-refractivity contribution in [3.63, 3.8) is 0 Å². The Labute approximate surface area is 541 Å². The van der Waals surface area contributed by atoms with Gasteiger partial charge in [0.05, 0.1) is 10.6 Å². The molecular formula is C65H92ClF3N12O11. The summed E-state index contributed by atoms with van der Waals surface area (Å²) in [4.78, 5) is 174. The summed E-state index contributed by atoms with van der Waals surface area (Å²) in [6.07, 6.45) is 3.18. The van der Waals surface area contributed by atoms with Gasteiger partial charge >= 0.3 is 6.18 Å². The highest BCUT2D eigenvalue weighted by molar-refractivity contribution is 6.31. The number of halogens is 4. The Kier molecular flexibility index (Phi) is 24.0. The van der Waals surface area contributed by atoms with Gasteiger partial charge in [-0.2, -0.15) is 13.2 Å². The molecule has 5 fully saturated rings. The number of amides is 11. The van der Waals surface area contributed by atoms with Gasteiger partial charge in [-0.05, 0) is 127 Å². The lowest BCUT2D eigenvalue weighted by molar-refractivity contribution is -0.160. The Morgan fingerprint density at radius 1 is 0.641 bits per heavy atom. The fraction of sp³-hybridized carbons (Fsp3) is 0.662. The number of nitrogens with one attached hydrogen (secondary N) is 4. The number of fused-ring (bicyclic) bond motifs is 2. The second kappa shape index (κ2) is 30.6. The van der Waals surface area contributed by atoms with E-state index in [-0.39, 0.29) is 70.4 Å². The average Bonchev–Trinajstić information content (AvgIpc) is 1.07. The van der Waals surface area contributed by atoms with Crippen molar-refractivity contribution >= 4 is 76.6 Å². The molecule has 2 saturated carbocycles. The largest absolute Gasteiger partial charge is 0.417 e. The van der Waals surface area contributed by atoms with Gasteiger partial charge in [0.15, 0.2) is 0 Å². The predicted molar refractivity (Wildman–Crippen MR) is 334 cm³/mol. The van der Waals surface area contributed by atoms with Crippen LogP contribution in [0.25, 0.3) is 0 Å². The molecule has 11 amide bonds. The minimum Gasteiger partial charge on any atom is -0.351 e. The average molecular weight is 1310 g/mol. The second-order valence-electron chi connectivity index (χ2n) is 26.1. The molecule has 0 radical (unpaired) electrons. The van der Waals surface area contributed by atoms with Crippen molar-refractivity contribution in [3.05, 3.63) is 64.4 Å². The number of rotatable bonds is 8. The second-order valence-corrected chi connectivity index (χ2v) is 26.5. The molecule has 0 bridgehead atoms. The zero-order valence-corrected chi connectivity index (χ0v) is 55.5. The van der Waals surface area contributed by atoms with Gasteiger partial charge in [-0.1, -0.05) is 69.7 Å². The molecule has 4 heterocycles. The van der Waals surface area contributed by atoms with Crippen LogP contribution in [0, 0.1) is 11.8 Å². The van der Waals surface area contributed by atoms with Gasteiger partial charge in [0.1, 0.15) is 59.9 Å². The summed E-state index contributed by atoms with van der Waals surface area (Å²) in [7, 11) is 7.13. The van der Waals surface area contributed by atoms with Crippen molar-refractivity contribution in [2.24, 2.45) is 11.8 Å². The summed E-state index contributed by atoms with van der Waals surface area (Å²) in [5, 5.41) is 11.0. The van der Waals surface area contributed by atoms with Crippen LogP contribution in [-0.2, 0) is 71.8 Å². The first-order valence-electron chi connectivity index (χ1n) is 32.2. The molecule has 0 unspecified atom stereocenters. The molecule has 2 aromatic rings. The predicted octanol–water partition coefficient (Wildman–Crippen LogP) is 4.26. The lowest BCUT2D eigenvalue weighted by Crippen LogP contribution is -2.65. The molecule has 5 aliphatic rings. The first-order chi connectivity index (χ1) is 43.3. The van der Waals surface area contributed by atoms with Crippen molar-refractivity contribution in [2.45, 2.75) is 216 Å². The number of alkyl halides is 3. The maximum absolute atomic E-state index is 15.2. The monoisotopic (exact) mass is 1310 g/mol. The maximum atomic E-state index is 15.2. The molecule has 3 aliphatic heterocycles. The number of carbonyl (C=O) groups excluding carboxylic acids is 11. The van der Waals surface area contributed by atoms with Crippen LogP contribution in [0.5, 0.6) is 0 Å². The molecule has 27 heteroatoms. The fourth-order valence-electron chi connectivity index (χ4n) is 13.4. The quantitative estimate of drug-likeness (QED) is 0.289. The number of hydrogen-bond acceptors (Lipinski definition) is 12. The van der Waals surface area contributed by atoms with E-state index in [1.165, 1.54) is 104 Å². The number of hydrogen-bond donors (Lipinski definition) is 4. The van der Waals surface area contributed by atoms with Gasteiger partial charge in [0.25, 0.3) is 0 Å². The SMILES string of the molecule is CC[C@H](C)[C@@H]1NC(=O)[C@H](C)N(C)C(=O)C[C@@H](C)NC(=O)[C@H](C2CCCC2)N(C)C(=O)C2(CCCC2)NC(=O)[C@@H]2CCCN2C(=O)[C@H](CCc2ccc(C(F)(F)F)c(Cl)c2)NC(=O)[C@@H](C)N(C)C(=O)[C@H](Cc2cccnc2)N(C)C(=O)[C@@H]2CCN2C(=O)[C@H](C)N(C)C1=O. The summed E-state index contributed by atoms with van der Waals surface area (Å²) < 4.78 is 41.5. The van der Waals surface area contributed by atoms with Gasteiger partial charge in [0, 0.05) is 79.6 Å². The molecule has 1 aromatic carbocycles. The third kappa shape index (κ3) is 16.1. The fourth-order valence-corrected chi connectivity index (χ4v) is 13.7. The van der Waals surface area contributed by atoms with Crippen molar-refractivity contribution < 1.29 is 65.9 Å². The molecule has 11 atom stereocenters. The van der Waals surface area contributed by atoms with E-state index in [1.54, 1.807) is 26.0 Å². The van der Waals surface area contributed by atoms with E-state index in [9.17, 15) is 51.5 Å². The number of carbonyl (C=O) groups is 11. The summed E-state index contributed by atoms with van der Waals surface area (Å²) in [6, 6.07) is -5.06. The first kappa shape index (κ1) is 72.1. The summed E-state index contributed by atoms with van der Waals surface area (Å²) in [5.41, 5.74) is -1.73. The Morgan fingerprint density at radius 2 is 1.27 bits per heavy atom. The Balaban J connectivity index is 1.25. The minimum atomic E-state index is -4.76. The summed E-state index contributed by atoms with van der Waals surface area (Å²) in [5.74, 6) is -7.63. The number of aromatic nitrogens is 1. The van der Waals surface area contributed by atoms with Crippen molar-refractivity contribution in [1.82, 2.24) is 60.6 Å². The third-order valence-electron chi connectivity index (χ3n) is 20.0. The lowest BCUT2D eigenvalue weighted by Gasteiger charge is -2.45. The standard InChI is InChI=1S/C65H92ClF3N12O11/c1-12-37(2)52-62(91)77(9)41(6)58(87)81-32-27-49(81)60(89)78(10)50(35-43-19-17-30-70-36-43)61(90)76(8)40(5)54(83)72-47(26-24-42-23-25-45(46(66)34-42)65(67,68)69)59(88)80-31-18-22-48(80)56(85)74-64(28-15-16-29-64)63(92)79(11)53(44-20-13-14-21-44)57(86)71-38(3)33-51(82)75(7)39(4)55(84)73-52/h17,19,23,25,30,34,36-41,44,47-50,52-53H,12-16,18,20-22,24,26-29,31-33,35H2,1-11H3,(H,71,86)(H,72,83)(H,73,84)(H,74,85)/t37-,38+,39-,40+,41-,47-,48-,49-,50-,52-,53-/m0/s1. The summed E-state index contributed by atoms with van der Waals surface area (Å²) in [6.45, 7) is 9.82.